The van der Waals surface area contributed by atoms with E-state index in [0.29, 0.717) is 12.2 Å². The number of aromatic nitrogens is 3. The average Bonchev–Trinajstić information content (AvgIpc) is 3.09. The number of esters is 1. The van der Waals surface area contributed by atoms with Crippen molar-refractivity contribution in [2.24, 2.45) is 0 Å². The van der Waals surface area contributed by atoms with E-state index in [0.717, 1.165) is 28.7 Å². The first kappa shape index (κ1) is 13.4. The SMILES string of the molecule is CCOC(=O)c1ccc2[nH]c(Cn3ccnc3)c(C)c2c1. The molecule has 2 aromatic heterocycles. The molecule has 0 spiro atoms. The number of aromatic amines is 1. The van der Waals surface area contributed by atoms with Gasteiger partial charge < -0.3 is 14.3 Å². The molecular formula is C16H17N3O2. The number of H-pyrrole nitrogens is 1. The van der Waals surface area contributed by atoms with Crippen LogP contribution in [0.2, 0.25) is 0 Å². The van der Waals surface area contributed by atoms with Crippen molar-refractivity contribution in [1.82, 2.24) is 14.5 Å². The highest BCUT2D eigenvalue weighted by Gasteiger charge is 2.12. The van der Waals surface area contributed by atoms with E-state index in [2.05, 4.69) is 16.9 Å². The number of nitrogens with zero attached hydrogens (tertiary/aromatic N) is 2. The number of carbonyl (C=O) groups is 1. The van der Waals surface area contributed by atoms with Crippen LogP contribution in [-0.4, -0.2) is 27.1 Å². The number of fused-ring (bicyclic) bond motifs is 1. The molecule has 0 aliphatic carbocycles. The second-order valence-corrected chi connectivity index (χ2v) is 4.94. The van der Waals surface area contributed by atoms with E-state index >= 15 is 0 Å². The van der Waals surface area contributed by atoms with Gasteiger partial charge >= 0.3 is 5.97 Å². The number of nitrogens with one attached hydrogen (secondary N) is 1. The maximum atomic E-state index is 11.8. The Bertz CT molecular complexity index is 772. The predicted molar refractivity (Wildman–Crippen MR) is 80.3 cm³/mol. The maximum Gasteiger partial charge on any atom is 0.338 e. The van der Waals surface area contributed by atoms with E-state index in [1.54, 1.807) is 25.5 Å². The summed E-state index contributed by atoms with van der Waals surface area (Å²) in [6.45, 7) is 4.98. The average molecular weight is 283 g/mol. The molecule has 0 fully saturated rings. The highest BCUT2D eigenvalue weighted by atomic mass is 16.5. The number of rotatable bonds is 4. The van der Waals surface area contributed by atoms with Crippen LogP contribution in [0.15, 0.2) is 36.9 Å². The molecule has 3 aromatic rings. The first-order valence-electron chi connectivity index (χ1n) is 6.93. The maximum absolute atomic E-state index is 11.8. The molecule has 0 bridgehead atoms. The number of hydrogen-bond donors (Lipinski definition) is 1. The lowest BCUT2D eigenvalue weighted by Gasteiger charge is -2.02. The van der Waals surface area contributed by atoms with Crippen molar-refractivity contribution < 1.29 is 9.53 Å². The topological polar surface area (TPSA) is 59.9 Å². The second kappa shape index (κ2) is 5.44. The third-order valence-electron chi connectivity index (χ3n) is 3.57. The lowest BCUT2D eigenvalue weighted by Crippen LogP contribution is -2.04. The van der Waals surface area contributed by atoms with Crippen molar-refractivity contribution in [3.8, 4) is 0 Å². The lowest BCUT2D eigenvalue weighted by atomic mass is 10.1. The molecule has 108 valence electrons. The van der Waals surface area contributed by atoms with Gasteiger partial charge in [0.1, 0.15) is 0 Å². The summed E-state index contributed by atoms with van der Waals surface area (Å²) in [5.41, 5.74) is 3.87. The van der Waals surface area contributed by atoms with Crippen LogP contribution in [0.25, 0.3) is 10.9 Å². The first-order valence-corrected chi connectivity index (χ1v) is 6.93. The number of aryl methyl sites for hydroxylation is 1. The molecule has 0 unspecified atom stereocenters. The zero-order valence-corrected chi connectivity index (χ0v) is 12.1. The van der Waals surface area contributed by atoms with Crippen molar-refractivity contribution in [2.75, 3.05) is 6.61 Å². The number of ether oxygens (including phenoxy) is 1. The van der Waals surface area contributed by atoms with E-state index in [-0.39, 0.29) is 5.97 Å². The summed E-state index contributed by atoms with van der Waals surface area (Å²) >= 11 is 0. The largest absolute Gasteiger partial charge is 0.462 e. The monoisotopic (exact) mass is 283 g/mol. The molecule has 2 heterocycles. The highest BCUT2D eigenvalue weighted by molar-refractivity contribution is 5.96. The number of benzene rings is 1. The van der Waals surface area contributed by atoms with Gasteiger partial charge in [0, 0.05) is 29.0 Å². The molecule has 1 aromatic carbocycles. The van der Waals surface area contributed by atoms with Gasteiger partial charge in [0.15, 0.2) is 0 Å². The van der Waals surface area contributed by atoms with Gasteiger partial charge in [-0.3, -0.25) is 0 Å². The van der Waals surface area contributed by atoms with Crippen molar-refractivity contribution in [1.29, 1.82) is 0 Å². The van der Waals surface area contributed by atoms with E-state index < -0.39 is 0 Å². The summed E-state index contributed by atoms with van der Waals surface area (Å²) in [6.07, 6.45) is 5.47. The summed E-state index contributed by atoms with van der Waals surface area (Å²) in [5.74, 6) is -0.281. The van der Waals surface area contributed by atoms with E-state index in [4.69, 9.17) is 4.74 Å². The molecule has 0 amide bonds. The fourth-order valence-corrected chi connectivity index (χ4v) is 2.44. The first-order chi connectivity index (χ1) is 10.2. The number of imidazole rings is 1. The van der Waals surface area contributed by atoms with Crippen molar-refractivity contribution >= 4 is 16.9 Å². The number of carbonyl (C=O) groups excluding carboxylic acids is 1. The molecule has 0 saturated heterocycles. The van der Waals surface area contributed by atoms with Crippen LogP contribution in [0.3, 0.4) is 0 Å². The normalized spacial score (nSPS) is 11.0. The molecule has 0 atom stereocenters. The molecule has 0 saturated carbocycles. The standard InChI is InChI=1S/C16H17N3O2/c1-3-21-16(20)12-4-5-14-13(8-12)11(2)15(18-14)9-19-7-6-17-10-19/h4-8,10,18H,3,9H2,1-2H3. The third-order valence-corrected chi connectivity index (χ3v) is 3.57. The van der Waals surface area contributed by atoms with Gasteiger partial charge in [-0.05, 0) is 37.6 Å². The predicted octanol–water partition coefficient (Wildman–Crippen LogP) is 2.90. The van der Waals surface area contributed by atoms with Crippen LogP contribution in [0.5, 0.6) is 0 Å². The zero-order valence-electron chi connectivity index (χ0n) is 12.1. The van der Waals surface area contributed by atoms with Gasteiger partial charge in [-0.2, -0.15) is 0 Å². The summed E-state index contributed by atoms with van der Waals surface area (Å²) in [5, 5.41) is 1.05. The van der Waals surface area contributed by atoms with Gasteiger partial charge in [-0.25, -0.2) is 9.78 Å². The smallest absolute Gasteiger partial charge is 0.338 e. The fourth-order valence-electron chi connectivity index (χ4n) is 2.44. The molecule has 5 nitrogen and oxygen atoms in total. The number of hydrogen-bond acceptors (Lipinski definition) is 3. The van der Waals surface area contributed by atoms with Gasteiger partial charge in [0.2, 0.25) is 0 Å². The molecule has 1 N–H and O–H groups in total. The molecule has 5 heteroatoms. The fraction of sp³-hybridized carbons (Fsp3) is 0.250. The van der Waals surface area contributed by atoms with Crippen LogP contribution < -0.4 is 0 Å². The van der Waals surface area contributed by atoms with Gasteiger partial charge in [-0.15, -0.1) is 0 Å². The Morgan fingerprint density at radius 1 is 1.43 bits per heavy atom. The van der Waals surface area contributed by atoms with Crippen LogP contribution in [0.4, 0.5) is 0 Å². The Kier molecular flexibility index (Phi) is 3.48. The van der Waals surface area contributed by atoms with Gasteiger partial charge in [0.05, 0.1) is 25.0 Å². The van der Waals surface area contributed by atoms with Gasteiger partial charge in [-0.1, -0.05) is 0 Å². The Balaban J connectivity index is 1.98. The highest BCUT2D eigenvalue weighted by Crippen LogP contribution is 2.24. The molecule has 0 radical (unpaired) electrons. The molecule has 0 aliphatic rings. The van der Waals surface area contributed by atoms with Crippen LogP contribution in [-0.2, 0) is 11.3 Å². The zero-order chi connectivity index (χ0) is 14.8. The quantitative estimate of drug-likeness (QED) is 0.749. The summed E-state index contributed by atoms with van der Waals surface area (Å²) < 4.78 is 7.05. The van der Waals surface area contributed by atoms with Crippen molar-refractivity contribution in [3.05, 3.63) is 53.7 Å². The Labute approximate surface area is 122 Å². The van der Waals surface area contributed by atoms with Crippen molar-refractivity contribution in [3.63, 3.8) is 0 Å². The molecular weight excluding hydrogens is 266 g/mol. The second-order valence-electron chi connectivity index (χ2n) is 4.94. The summed E-state index contributed by atoms with van der Waals surface area (Å²) in [6, 6.07) is 5.60. The van der Waals surface area contributed by atoms with E-state index in [1.807, 2.05) is 22.9 Å². The minimum Gasteiger partial charge on any atom is -0.462 e. The Hall–Kier alpha value is -2.56. The van der Waals surface area contributed by atoms with Crippen molar-refractivity contribution in [2.45, 2.75) is 20.4 Å². The molecule has 3 rings (SSSR count). The summed E-state index contributed by atoms with van der Waals surface area (Å²) in [4.78, 5) is 19.3. The lowest BCUT2D eigenvalue weighted by molar-refractivity contribution is 0.0526. The third kappa shape index (κ3) is 2.54. The molecule has 21 heavy (non-hydrogen) atoms. The Morgan fingerprint density at radius 3 is 3.00 bits per heavy atom. The minimum atomic E-state index is -0.281. The molecule has 0 aliphatic heterocycles. The Morgan fingerprint density at radius 2 is 2.29 bits per heavy atom. The van der Waals surface area contributed by atoms with Crippen LogP contribution in [0, 0.1) is 6.92 Å². The van der Waals surface area contributed by atoms with E-state index in [9.17, 15) is 4.79 Å². The van der Waals surface area contributed by atoms with Crippen LogP contribution >= 0.6 is 0 Å². The van der Waals surface area contributed by atoms with E-state index in [1.165, 1.54) is 0 Å². The minimum absolute atomic E-state index is 0.281. The van der Waals surface area contributed by atoms with Crippen LogP contribution in [0.1, 0.15) is 28.5 Å². The van der Waals surface area contributed by atoms with Gasteiger partial charge in [0.25, 0.3) is 0 Å². The summed E-state index contributed by atoms with van der Waals surface area (Å²) in [7, 11) is 0.